The summed E-state index contributed by atoms with van der Waals surface area (Å²) in [4.78, 5) is 40.3. The summed E-state index contributed by atoms with van der Waals surface area (Å²) in [5, 5.41) is 2.27. The number of hydrogen-bond donors (Lipinski definition) is 1. The number of alkyl halides is 2. The monoisotopic (exact) mass is 461 g/mol. The Hall–Kier alpha value is -3.40. The first kappa shape index (κ1) is 23.3. The predicted octanol–water partition coefficient (Wildman–Crippen LogP) is 3.82. The van der Waals surface area contributed by atoms with E-state index in [1.54, 1.807) is 18.2 Å². The van der Waals surface area contributed by atoms with E-state index in [1.165, 1.54) is 30.3 Å². The van der Waals surface area contributed by atoms with Gasteiger partial charge in [0.05, 0.1) is 4.91 Å². The normalized spacial score (nSPS) is 14.9. The number of hydrogen-bond acceptors (Lipinski definition) is 6. The highest BCUT2D eigenvalue weighted by Crippen LogP contribution is 2.32. The van der Waals surface area contributed by atoms with Gasteiger partial charge >= 0.3 is 6.61 Å². The van der Waals surface area contributed by atoms with Gasteiger partial charge in [-0.3, -0.25) is 19.3 Å². The first-order valence-corrected chi connectivity index (χ1v) is 10.4. The van der Waals surface area contributed by atoms with Gasteiger partial charge in [-0.15, -0.1) is 0 Å². The van der Waals surface area contributed by atoms with Crippen LogP contribution in [0.2, 0.25) is 0 Å². The third-order valence-electron chi connectivity index (χ3n) is 4.52. The van der Waals surface area contributed by atoms with E-state index in [0.29, 0.717) is 11.1 Å². The Morgan fingerprint density at radius 3 is 2.56 bits per heavy atom. The predicted molar refractivity (Wildman–Crippen MR) is 119 cm³/mol. The van der Waals surface area contributed by atoms with Crippen molar-refractivity contribution in [3.63, 3.8) is 0 Å². The van der Waals surface area contributed by atoms with E-state index in [9.17, 15) is 23.2 Å². The smallest absolute Gasteiger partial charge is 0.387 e. The Balaban J connectivity index is 1.57. The Kier molecular flexibility index (Phi) is 7.47. The highest BCUT2D eigenvalue weighted by Gasteiger charge is 2.34. The van der Waals surface area contributed by atoms with Crippen molar-refractivity contribution in [2.45, 2.75) is 6.61 Å². The summed E-state index contributed by atoms with van der Waals surface area (Å²) >= 11 is 0.781. The van der Waals surface area contributed by atoms with E-state index >= 15 is 0 Å². The van der Waals surface area contributed by atoms with Crippen molar-refractivity contribution in [1.82, 2.24) is 10.2 Å². The fourth-order valence-electron chi connectivity index (χ4n) is 2.90. The van der Waals surface area contributed by atoms with Gasteiger partial charge in [0, 0.05) is 38.4 Å². The van der Waals surface area contributed by atoms with E-state index in [-0.39, 0.29) is 29.7 Å². The van der Waals surface area contributed by atoms with Crippen LogP contribution < -0.4 is 15.0 Å². The van der Waals surface area contributed by atoms with Crippen molar-refractivity contribution < 1.29 is 27.9 Å². The van der Waals surface area contributed by atoms with Gasteiger partial charge in [-0.2, -0.15) is 8.78 Å². The van der Waals surface area contributed by atoms with Crippen molar-refractivity contribution in [1.29, 1.82) is 0 Å². The molecule has 0 aliphatic carbocycles. The van der Waals surface area contributed by atoms with Crippen LogP contribution in [0.3, 0.4) is 0 Å². The zero-order valence-electron chi connectivity index (χ0n) is 17.4. The molecular formula is C22H21F2N3O4S. The number of halogens is 2. The molecule has 1 aliphatic rings. The van der Waals surface area contributed by atoms with Gasteiger partial charge in [-0.05, 0) is 53.7 Å². The van der Waals surface area contributed by atoms with Gasteiger partial charge < -0.3 is 15.0 Å². The molecule has 1 fully saturated rings. The number of anilines is 1. The SMILES string of the molecule is CN(C)c1cccc(C(=O)NCCN2C(=O)S/C(=C\c3ccc(OC(F)F)cc3)C2=O)c1. The molecule has 1 saturated heterocycles. The minimum atomic E-state index is -2.92. The van der Waals surface area contributed by atoms with Crippen molar-refractivity contribution in [2.24, 2.45) is 0 Å². The third kappa shape index (κ3) is 5.85. The van der Waals surface area contributed by atoms with E-state index in [1.807, 2.05) is 25.1 Å². The topological polar surface area (TPSA) is 79.0 Å². The van der Waals surface area contributed by atoms with E-state index in [2.05, 4.69) is 10.1 Å². The summed E-state index contributed by atoms with van der Waals surface area (Å²) in [6.07, 6.45) is 1.50. The summed E-state index contributed by atoms with van der Waals surface area (Å²) in [6.45, 7) is -2.78. The van der Waals surface area contributed by atoms with Gasteiger partial charge in [-0.25, -0.2) is 0 Å². The van der Waals surface area contributed by atoms with Crippen LogP contribution in [-0.4, -0.2) is 55.7 Å². The second-order valence-corrected chi connectivity index (χ2v) is 7.97. The standard InChI is InChI=1S/C22H21F2N3O4S/c1-26(2)16-5-3-4-15(13-16)19(28)25-10-11-27-20(29)18(32-22(27)30)12-14-6-8-17(9-7-14)31-21(23)24/h3-9,12-13,21H,10-11H2,1-2H3,(H,25,28)/b18-12-. The maximum atomic E-state index is 12.6. The summed E-state index contributed by atoms with van der Waals surface area (Å²) < 4.78 is 28.7. The molecule has 2 aromatic rings. The van der Waals surface area contributed by atoms with E-state index < -0.39 is 17.8 Å². The second-order valence-electron chi connectivity index (χ2n) is 6.98. The van der Waals surface area contributed by atoms with Crippen LogP contribution in [0, 0.1) is 0 Å². The number of rotatable bonds is 8. The van der Waals surface area contributed by atoms with Crippen LogP contribution in [-0.2, 0) is 4.79 Å². The molecule has 1 N–H and O–H groups in total. The number of imide groups is 1. The summed E-state index contributed by atoms with van der Waals surface area (Å²) in [7, 11) is 3.74. The maximum Gasteiger partial charge on any atom is 0.387 e. The molecule has 10 heteroatoms. The van der Waals surface area contributed by atoms with E-state index in [0.717, 1.165) is 22.3 Å². The molecule has 0 saturated carbocycles. The Bertz CT molecular complexity index is 1040. The number of amides is 3. The average molecular weight is 461 g/mol. The minimum absolute atomic E-state index is 0.00267. The molecule has 3 amide bonds. The van der Waals surface area contributed by atoms with Crippen molar-refractivity contribution >= 4 is 40.6 Å². The van der Waals surface area contributed by atoms with Crippen molar-refractivity contribution in [3.8, 4) is 5.75 Å². The maximum absolute atomic E-state index is 12.6. The first-order chi connectivity index (χ1) is 15.2. The molecule has 2 aromatic carbocycles. The summed E-state index contributed by atoms with van der Waals surface area (Å²) in [6, 6.07) is 12.8. The lowest BCUT2D eigenvalue weighted by Gasteiger charge is -2.15. The van der Waals surface area contributed by atoms with Gasteiger partial charge in [-0.1, -0.05) is 18.2 Å². The Morgan fingerprint density at radius 1 is 1.19 bits per heavy atom. The van der Waals surface area contributed by atoms with Crippen LogP contribution in [0.5, 0.6) is 5.75 Å². The lowest BCUT2D eigenvalue weighted by molar-refractivity contribution is -0.122. The molecule has 168 valence electrons. The van der Waals surface area contributed by atoms with Gasteiger partial charge in [0.2, 0.25) is 0 Å². The number of carbonyl (C=O) groups is 3. The van der Waals surface area contributed by atoms with Gasteiger partial charge in [0.15, 0.2) is 0 Å². The van der Waals surface area contributed by atoms with Gasteiger partial charge in [0.1, 0.15) is 5.75 Å². The molecule has 1 aliphatic heterocycles. The fourth-order valence-corrected chi connectivity index (χ4v) is 3.76. The second kappa shape index (κ2) is 10.3. The number of benzene rings is 2. The van der Waals surface area contributed by atoms with Crippen LogP contribution in [0.15, 0.2) is 53.4 Å². The highest BCUT2D eigenvalue weighted by molar-refractivity contribution is 8.18. The molecule has 0 bridgehead atoms. The van der Waals surface area contributed by atoms with Crippen molar-refractivity contribution in [3.05, 3.63) is 64.6 Å². The molecule has 1 heterocycles. The lowest BCUT2D eigenvalue weighted by atomic mass is 10.2. The summed E-state index contributed by atoms with van der Waals surface area (Å²) in [5.41, 5.74) is 1.92. The highest BCUT2D eigenvalue weighted by atomic mass is 32.2. The van der Waals surface area contributed by atoms with Crippen LogP contribution in [0.4, 0.5) is 19.3 Å². The Morgan fingerprint density at radius 2 is 1.91 bits per heavy atom. The third-order valence-corrected chi connectivity index (χ3v) is 5.43. The molecule has 3 rings (SSSR count). The number of nitrogens with one attached hydrogen (secondary N) is 1. The fraction of sp³-hybridized carbons (Fsp3) is 0.227. The lowest BCUT2D eigenvalue weighted by Crippen LogP contribution is -2.37. The van der Waals surface area contributed by atoms with Crippen molar-refractivity contribution in [2.75, 3.05) is 32.1 Å². The number of thioether (sulfide) groups is 1. The zero-order chi connectivity index (χ0) is 23.3. The number of carbonyl (C=O) groups excluding carboxylic acids is 3. The molecule has 0 aromatic heterocycles. The average Bonchev–Trinajstić information content (AvgIpc) is 3.02. The number of ether oxygens (including phenoxy) is 1. The molecule has 7 nitrogen and oxygen atoms in total. The molecular weight excluding hydrogens is 440 g/mol. The van der Waals surface area contributed by atoms with Gasteiger partial charge in [0.25, 0.3) is 17.1 Å². The quantitative estimate of drug-likeness (QED) is 0.603. The molecule has 0 spiro atoms. The zero-order valence-corrected chi connectivity index (χ0v) is 18.2. The van der Waals surface area contributed by atoms with Crippen LogP contribution in [0.1, 0.15) is 15.9 Å². The van der Waals surface area contributed by atoms with Crippen LogP contribution >= 0.6 is 11.8 Å². The molecule has 0 radical (unpaired) electrons. The molecule has 32 heavy (non-hydrogen) atoms. The number of nitrogens with zero attached hydrogens (tertiary/aromatic N) is 2. The minimum Gasteiger partial charge on any atom is -0.435 e. The molecule has 0 unspecified atom stereocenters. The largest absolute Gasteiger partial charge is 0.435 e. The summed E-state index contributed by atoms with van der Waals surface area (Å²) in [5.74, 6) is -0.781. The van der Waals surface area contributed by atoms with E-state index in [4.69, 9.17) is 0 Å². The Labute approximate surface area is 188 Å². The first-order valence-electron chi connectivity index (χ1n) is 9.60. The molecule has 0 atom stereocenters. The van der Waals surface area contributed by atoms with Crippen LogP contribution in [0.25, 0.3) is 6.08 Å².